The Morgan fingerprint density at radius 1 is 1.05 bits per heavy atom. The van der Waals surface area contributed by atoms with Crippen molar-refractivity contribution in [3.05, 3.63) is 105 Å². The van der Waals surface area contributed by atoms with Gasteiger partial charge in [0.1, 0.15) is 0 Å². The molecule has 3 aromatic carbocycles. The average Bonchev–Trinajstić information content (AvgIpc) is 3.84. The summed E-state index contributed by atoms with van der Waals surface area (Å²) in [5.41, 5.74) is 5.06. The number of nitrogens with zero attached hydrogens (tertiary/aromatic N) is 1. The standard InChI is InChI=1S/C31H30BrF3N2O2.CH2O2/c32-26-6-2-1-5-22(26)19-37(23-11-12-23)31(38)25-18-36-16-15-24(25)21-9-7-20(8-10-21)4-3-17-39-30-28(34)14-13-27(33)29(30)35;2-1-3/h1-2,5-10,13-14,23,36H,3-4,11-12,15-19H2;1H,(H,2,3). The smallest absolute Gasteiger partial charge is 0.290 e. The molecule has 1 fully saturated rings. The fourth-order valence-corrected chi connectivity index (χ4v) is 5.32. The van der Waals surface area contributed by atoms with Gasteiger partial charge in [-0.2, -0.15) is 4.39 Å². The Morgan fingerprint density at radius 3 is 2.43 bits per heavy atom. The van der Waals surface area contributed by atoms with Gasteiger partial charge in [0.15, 0.2) is 17.4 Å². The number of halogens is 4. The number of carboxylic acid groups (broad SMARTS) is 1. The van der Waals surface area contributed by atoms with Crippen molar-refractivity contribution in [2.24, 2.45) is 0 Å². The Labute approximate surface area is 251 Å². The monoisotopic (exact) mass is 644 g/mol. The fraction of sp³-hybridized carbons (Fsp3) is 0.312. The second kappa shape index (κ2) is 15.0. The quantitative estimate of drug-likeness (QED) is 0.149. The molecule has 6 nitrogen and oxygen atoms in total. The first-order chi connectivity index (χ1) is 20.3. The number of nitrogens with one attached hydrogen (secondary N) is 1. The van der Waals surface area contributed by atoms with Gasteiger partial charge < -0.3 is 20.1 Å². The minimum absolute atomic E-state index is 0.0586. The van der Waals surface area contributed by atoms with Crippen molar-refractivity contribution in [1.82, 2.24) is 10.2 Å². The normalized spacial score (nSPS) is 14.6. The molecular weight excluding hydrogens is 613 g/mol. The molecule has 0 bridgehead atoms. The molecule has 0 aromatic heterocycles. The molecule has 2 aliphatic rings. The molecule has 10 heteroatoms. The van der Waals surface area contributed by atoms with Crippen LogP contribution in [0.3, 0.4) is 0 Å². The zero-order valence-corrected chi connectivity index (χ0v) is 24.5. The molecule has 1 amide bonds. The van der Waals surface area contributed by atoms with Crippen molar-refractivity contribution >= 4 is 33.9 Å². The molecule has 0 saturated heterocycles. The Bertz CT molecular complexity index is 1430. The summed E-state index contributed by atoms with van der Waals surface area (Å²) in [5.74, 6) is -3.96. The van der Waals surface area contributed by atoms with E-state index in [2.05, 4.69) is 27.3 Å². The summed E-state index contributed by atoms with van der Waals surface area (Å²) in [5, 5.41) is 10.3. The van der Waals surface area contributed by atoms with Crippen molar-refractivity contribution in [2.75, 3.05) is 19.7 Å². The van der Waals surface area contributed by atoms with Gasteiger partial charge in [-0.25, -0.2) is 8.78 Å². The summed E-state index contributed by atoms with van der Waals surface area (Å²) in [6.45, 7) is 1.74. The number of benzene rings is 3. The minimum atomic E-state index is -1.31. The lowest BCUT2D eigenvalue weighted by Gasteiger charge is -2.28. The van der Waals surface area contributed by atoms with Crippen molar-refractivity contribution in [3.8, 4) is 5.75 Å². The molecule has 5 rings (SSSR count). The van der Waals surface area contributed by atoms with E-state index in [9.17, 15) is 18.0 Å². The number of carbonyl (C=O) groups excluding carboxylic acids is 1. The third-order valence-electron chi connectivity index (χ3n) is 7.18. The van der Waals surface area contributed by atoms with Gasteiger partial charge in [-0.1, -0.05) is 58.4 Å². The minimum Gasteiger partial charge on any atom is -0.488 e. The molecule has 3 aromatic rings. The molecule has 0 spiro atoms. The SMILES string of the molecule is O=C(C1=C(c2ccc(CCCOc3c(F)ccc(F)c3F)cc2)CCNC1)N(Cc1ccccc1Br)C1CC1.O=CO. The van der Waals surface area contributed by atoms with Crippen LogP contribution >= 0.6 is 15.9 Å². The summed E-state index contributed by atoms with van der Waals surface area (Å²) < 4.78 is 47.0. The van der Waals surface area contributed by atoms with E-state index in [1.165, 1.54) is 0 Å². The van der Waals surface area contributed by atoms with E-state index in [0.29, 0.717) is 25.9 Å². The third kappa shape index (κ3) is 8.01. The van der Waals surface area contributed by atoms with Crippen LogP contribution in [0.2, 0.25) is 0 Å². The van der Waals surface area contributed by atoms with Crippen molar-refractivity contribution in [3.63, 3.8) is 0 Å². The maximum absolute atomic E-state index is 13.8. The first-order valence-corrected chi connectivity index (χ1v) is 14.5. The highest BCUT2D eigenvalue weighted by atomic mass is 79.9. The van der Waals surface area contributed by atoms with E-state index < -0.39 is 23.2 Å². The number of amides is 1. The van der Waals surface area contributed by atoms with Crippen LogP contribution in [0.1, 0.15) is 42.4 Å². The van der Waals surface area contributed by atoms with Gasteiger partial charge in [0.25, 0.3) is 12.4 Å². The van der Waals surface area contributed by atoms with E-state index in [1.54, 1.807) is 0 Å². The molecule has 1 heterocycles. The molecule has 0 radical (unpaired) electrons. The van der Waals surface area contributed by atoms with Crippen LogP contribution in [-0.4, -0.2) is 48.1 Å². The van der Waals surface area contributed by atoms with Gasteiger partial charge in [0, 0.05) is 29.2 Å². The number of aryl methyl sites for hydroxylation is 1. The highest BCUT2D eigenvalue weighted by Crippen LogP contribution is 2.34. The lowest BCUT2D eigenvalue weighted by Crippen LogP contribution is -2.39. The molecule has 0 atom stereocenters. The van der Waals surface area contributed by atoms with Gasteiger partial charge in [0.05, 0.1) is 6.61 Å². The summed E-state index contributed by atoms with van der Waals surface area (Å²) in [6, 6.07) is 18.0. The van der Waals surface area contributed by atoms with Crippen LogP contribution in [0.5, 0.6) is 5.75 Å². The highest BCUT2D eigenvalue weighted by molar-refractivity contribution is 9.10. The Kier molecular flexibility index (Phi) is 11.2. The summed E-state index contributed by atoms with van der Waals surface area (Å²) in [7, 11) is 0. The maximum Gasteiger partial charge on any atom is 0.290 e. The van der Waals surface area contributed by atoms with Gasteiger partial charge in [-0.3, -0.25) is 9.59 Å². The number of hydrogen-bond acceptors (Lipinski definition) is 4. The summed E-state index contributed by atoms with van der Waals surface area (Å²) in [4.78, 5) is 24.2. The van der Waals surface area contributed by atoms with Gasteiger partial charge in [-0.15, -0.1) is 0 Å². The molecular formula is C32H32BrF3N2O4. The van der Waals surface area contributed by atoms with Gasteiger partial charge in [-0.05, 0) is 79.1 Å². The number of hydrogen-bond donors (Lipinski definition) is 2. The largest absolute Gasteiger partial charge is 0.488 e. The molecule has 42 heavy (non-hydrogen) atoms. The number of rotatable bonds is 10. The number of carbonyl (C=O) groups is 2. The summed E-state index contributed by atoms with van der Waals surface area (Å²) in [6.07, 6.45) is 3.97. The number of ether oxygens (including phenoxy) is 1. The maximum atomic E-state index is 13.8. The molecule has 1 aliphatic carbocycles. The topological polar surface area (TPSA) is 78.9 Å². The average molecular weight is 646 g/mol. The zero-order chi connectivity index (χ0) is 30.1. The van der Waals surface area contributed by atoms with E-state index in [4.69, 9.17) is 14.6 Å². The van der Waals surface area contributed by atoms with Crippen molar-refractivity contribution in [2.45, 2.75) is 44.7 Å². The molecule has 1 aliphatic heterocycles. The Balaban J connectivity index is 0.00000129. The van der Waals surface area contributed by atoms with Gasteiger partial charge >= 0.3 is 0 Å². The van der Waals surface area contributed by atoms with Crippen molar-refractivity contribution in [1.29, 1.82) is 0 Å². The predicted octanol–water partition coefficient (Wildman–Crippen LogP) is 6.52. The molecule has 0 unspecified atom stereocenters. The van der Waals surface area contributed by atoms with Gasteiger partial charge in [0.2, 0.25) is 5.82 Å². The van der Waals surface area contributed by atoms with Crippen LogP contribution in [0.15, 0.2) is 70.7 Å². The molecule has 1 saturated carbocycles. The Hall–Kier alpha value is -3.63. The second-order valence-corrected chi connectivity index (χ2v) is 10.9. The molecule has 2 N–H and O–H groups in total. The first kappa shape index (κ1) is 31.3. The molecule has 222 valence electrons. The second-order valence-electron chi connectivity index (χ2n) is 10.1. The zero-order valence-electron chi connectivity index (χ0n) is 22.9. The van der Waals surface area contributed by atoms with Crippen LogP contribution in [-0.2, 0) is 22.6 Å². The van der Waals surface area contributed by atoms with Crippen molar-refractivity contribution < 1.29 is 32.6 Å². The first-order valence-electron chi connectivity index (χ1n) is 13.7. The predicted molar refractivity (Wildman–Crippen MR) is 157 cm³/mol. The van der Waals surface area contributed by atoms with E-state index in [0.717, 1.165) is 70.2 Å². The van der Waals surface area contributed by atoms with Crippen LogP contribution in [0, 0.1) is 17.5 Å². The van der Waals surface area contributed by atoms with Crippen LogP contribution in [0.25, 0.3) is 5.57 Å². The lowest BCUT2D eigenvalue weighted by atomic mass is 9.92. The van der Waals surface area contributed by atoms with E-state index in [1.807, 2.05) is 47.4 Å². The fourth-order valence-electron chi connectivity index (χ4n) is 4.91. The summed E-state index contributed by atoms with van der Waals surface area (Å²) >= 11 is 3.62. The van der Waals surface area contributed by atoms with Crippen LogP contribution < -0.4 is 10.1 Å². The third-order valence-corrected chi connectivity index (χ3v) is 7.96. The Morgan fingerprint density at radius 2 is 1.74 bits per heavy atom. The highest BCUT2D eigenvalue weighted by Gasteiger charge is 2.35. The van der Waals surface area contributed by atoms with E-state index >= 15 is 0 Å². The van der Waals surface area contributed by atoms with E-state index in [-0.39, 0.29) is 25.0 Å². The lowest BCUT2D eigenvalue weighted by molar-refractivity contribution is -0.128. The van der Waals surface area contributed by atoms with Crippen LogP contribution in [0.4, 0.5) is 13.2 Å².